The molecule has 0 aliphatic carbocycles. The van der Waals surface area contributed by atoms with Gasteiger partial charge in [0.15, 0.2) is 0 Å². The van der Waals surface area contributed by atoms with E-state index in [2.05, 4.69) is 4.98 Å². The second-order valence-electron chi connectivity index (χ2n) is 3.14. The number of nitrogens with zero attached hydrogens (tertiary/aromatic N) is 1. The molecule has 1 aromatic carbocycles. The molecule has 2 rings (SSSR count). The van der Waals surface area contributed by atoms with Crippen molar-refractivity contribution in [2.24, 2.45) is 0 Å². The summed E-state index contributed by atoms with van der Waals surface area (Å²) in [4.78, 5) is 15.1. The third-order valence-corrected chi connectivity index (χ3v) is 2.80. The van der Waals surface area contributed by atoms with E-state index in [9.17, 15) is 4.79 Å². The Balaban J connectivity index is 2.45. The number of benzene rings is 1. The number of aromatic nitrogens is 1. The first-order chi connectivity index (χ1) is 7.16. The summed E-state index contributed by atoms with van der Waals surface area (Å²) in [7, 11) is 0. The maximum absolute atomic E-state index is 10.8. The lowest BCUT2D eigenvalue weighted by molar-refractivity contribution is 0.0697. The standard InChI is InChI=1S/C11H9NO2S/c1-7-12-10(6-15-7)8-3-2-4-9(5-8)11(13)14/h2-6H,1H3,(H,13,14). The van der Waals surface area contributed by atoms with Crippen LogP contribution in [0.3, 0.4) is 0 Å². The lowest BCUT2D eigenvalue weighted by Gasteiger charge is -1.98. The van der Waals surface area contributed by atoms with Gasteiger partial charge in [0.25, 0.3) is 0 Å². The first-order valence-corrected chi connectivity index (χ1v) is 5.30. The normalized spacial score (nSPS) is 10.2. The molecule has 0 aliphatic heterocycles. The highest BCUT2D eigenvalue weighted by atomic mass is 32.1. The summed E-state index contributed by atoms with van der Waals surface area (Å²) < 4.78 is 0. The first kappa shape index (κ1) is 9.86. The van der Waals surface area contributed by atoms with Gasteiger partial charge in [-0.3, -0.25) is 0 Å². The molecule has 0 fully saturated rings. The summed E-state index contributed by atoms with van der Waals surface area (Å²) in [6.07, 6.45) is 0. The van der Waals surface area contributed by atoms with Crippen LogP contribution in [0, 0.1) is 6.92 Å². The molecule has 0 amide bonds. The van der Waals surface area contributed by atoms with Gasteiger partial charge in [0.1, 0.15) is 0 Å². The van der Waals surface area contributed by atoms with E-state index in [0.717, 1.165) is 16.3 Å². The number of carboxylic acid groups (broad SMARTS) is 1. The Kier molecular flexibility index (Phi) is 2.51. The lowest BCUT2D eigenvalue weighted by atomic mass is 10.1. The minimum absolute atomic E-state index is 0.290. The topological polar surface area (TPSA) is 50.2 Å². The van der Waals surface area contributed by atoms with E-state index < -0.39 is 5.97 Å². The van der Waals surface area contributed by atoms with Gasteiger partial charge in [-0.1, -0.05) is 12.1 Å². The van der Waals surface area contributed by atoms with Gasteiger partial charge in [-0.05, 0) is 19.1 Å². The van der Waals surface area contributed by atoms with Crippen molar-refractivity contribution >= 4 is 17.3 Å². The predicted molar refractivity (Wildman–Crippen MR) is 59.2 cm³/mol. The Morgan fingerprint density at radius 1 is 1.47 bits per heavy atom. The maximum atomic E-state index is 10.8. The molecule has 15 heavy (non-hydrogen) atoms. The van der Waals surface area contributed by atoms with Crippen LogP contribution in [-0.2, 0) is 0 Å². The number of hydrogen-bond acceptors (Lipinski definition) is 3. The summed E-state index contributed by atoms with van der Waals surface area (Å²) in [6, 6.07) is 6.80. The molecule has 1 heterocycles. The second-order valence-corrected chi connectivity index (χ2v) is 4.20. The lowest BCUT2D eigenvalue weighted by Crippen LogP contribution is -1.95. The molecule has 1 N–H and O–H groups in total. The van der Waals surface area contributed by atoms with Crippen LogP contribution in [0.5, 0.6) is 0 Å². The van der Waals surface area contributed by atoms with Crippen molar-refractivity contribution < 1.29 is 9.90 Å². The Bertz CT molecular complexity index is 505. The van der Waals surface area contributed by atoms with Crippen LogP contribution in [-0.4, -0.2) is 16.1 Å². The zero-order chi connectivity index (χ0) is 10.8. The zero-order valence-electron chi connectivity index (χ0n) is 8.10. The average molecular weight is 219 g/mol. The number of carboxylic acids is 1. The second kappa shape index (κ2) is 3.82. The summed E-state index contributed by atoms with van der Waals surface area (Å²) in [5, 5.41) is 11.7. The molecule has 1 aromatic heterocycles. The molecule has 0 saturated heterocycles. The highest BCUT2D eigenvalue weighted by Gasteiger charge is 2.06. The average Bonchev–Trinajstić information content (AvgIpc) is 2.65. The van der Waals surface area contributed by atoms with E-state index in [1.165, 1.54) is 0 Å². The van der Waals surface area contributed by atoms with Gasteiger partial charge in [-0.25, -0.2) is 9.78 Å². The molecule has 0 aliphatic rings. The van der Waals surface area contributed by atoms with E-state index in [4.69, 9.17) is 5.11 Å². The third kappa shape index (κ3) is 2.05. The summed E-state index contributed by atoms with van der Waals surface area (Å²) in [6.45, 7) is 1.93. The smallest absolute Gasteiger partial charge is 0.335 e. The number of thiazole rings is 1. The van der Waals surface area contributed by atoms with E-state index in [-0.39, 0.29) is 5.56 Å². The molecular formula is C11H9NO2S. The number of aromatic carboxylic acids is 1. The van der Waals surface area contributed by atoms with Gasteiger partial charge in [0.05, 0.1) is 16.3 Å². The van der Waals surface area contributed by atoms with E-state index in [1.54, 1.807) is 29.5 Å². The number of aryl methyl sites for hydroxylation is 1. The van der Waals surface area contributed by atoms with Crippen LogP contribution >= 0.6 is 11.3 Å². The summed E-state index contributed by atoms with van der Waals surface area (Å²) in [5.74, 6) is -0.913. The fraction of sp³-hybridized carbons (Fsp3) is 0.0909. The molecule has 4 heteroatoms. The zero-order valence-corrected chi connectivity index (χ0v) is 8.91. The number of rotatable bonds is 2. The predicted octanol–water partition coefficient (Wildman–Crippen LogP) is 2.82. The van der Waals surface area contributed by atoms with Gasteiger partial charge < -0.3 is 5.11 Å². The molecule has 0 atom stereocenters. The van der Waals surface area contributed by atoms with Gasteiger partial charge in [0.2, 0.25) is 0 Å². The summed E-state index contributed by atoms with van der Waals surface area (Å²) in [5.41, 5.74) is 1.97. The monoisotopic (exact) mass is 219 g/mol. The molecule has 2 aromatic rings. The molecule has 3 nitrogen and oxygen atoms in total. The van der Waals surface area contributed by atoms with E-state index in [0.29, 0.717) is 0 Å². The van der Waals surface area contributed by atoms with Crippen LogP contribution in [0.15, 0.2) is 29.6 Å². The molecule has 0 spiro atoms. The van der Waals surface area contributed by atoms with E-state index in [1.807, 2.05) is 18.4 Å². The van der Waals surface area contributed by atoms with E-state index >= 15 is 0 Å². The van der Waals surface area contributed by atoms with Crippen LogP contribution in [0.2, 0.25) is 0 Å². The highest BCUT2D eigenvalue weighted by Crippen LogP contribution is 2.22. The molecule has 0 saturated carbocycles. The van der Waals surface area contributed by atoms with Crippen LogP contribution < -0.4 is 0 Å². The minimum atomic E-state index is -0.913. The van der Waals surface area contributed by atoms with Crippen molar-refractivity contribution in [2.45, 2.75) is 6.92 Å². The highest BCUT2D eigenvalue weighted by molar-refractivity contribution is 7.09. The minimum Gasteiger partial charge on any atom is -0.478 e. The summed E-state index contributed by atoms with van der Waals surface area (Å²) >= 11 is 1.55. The Morgan fingerprint density at radius 3 is 2.87 bits per heavy atom. The van der Waals surface area contributed by atoms with Crippen LogP contribution in [0.4, 0.5) is 0 Å². The fourth-order valence-corrected chi connectivity index (χ4v) is 1.93. The van der Waals surface area contributed by atoms with Crippen molar-refractivity contribution in [1.82, 2.24) is 4.98 Å². The van der Waals surface area contributed by atoms with Crippen molar-refractivity contribution in [3.63, 3.8) is 0 Å². The molecule has 76 valence electrons. The van der Waals surface area contributed by atoms with Gasteiger partial charge >= 0.3 is 5.97 Å². The van der Waals surface area contributed by atoms with Crippen molar-refractivity contribution in [3.05, 3.63) is 40.2 Å². The third-order valence-electron chi connectivity index (χ3n) is 2.02. The molecule has 0 unspecified atom stereocenters. The SMILES string of the molecule is Cc1nc(-c2cccc(C(=O)O)c2)cs1. The van der Waals surface area contributed by atoms with Crippen molar-refractivity contribution in [3.8, 4) is 11.3 Å². The van der Waals surface area contributed by atoms with Gasteiger partial charge in [0, 0.05) is 10.9 Å². The first-order valence-electron chi connectivity index (χ1n) is 4.42. The van der Waals surface area contributed by atoms with Gasteiger partial charge in [-0.2, -0.15) is 0 Å². The maximum Gasteiger partial charge on any atom is 0.335 e. The quantitative estimate of drug-likeness (QED) is 0.844. The number of hydrogen-bond donors (Lipinski definition) is 1. The molecule has 0 radical (unpaired) electrons. The Labute approximate surface area is 91.0 Å². The van der Waals surface area contributed by atoms with Crippen molar-refractivity contribution in [2.75, 3.05) is 0 Å². The van der Waals surface area contributed by atoms with Gasteiger partial charge in [-0.15, -0.1) is 11.3 Å². The van der Waals surface area contributed by atoms with Crippen LogP contribution in [0.25, 0.3) is 11.3 Å². The van der Waals surface area contributed by atoms with Crippen molar-refractivity contribution in [1.29, 1.82) is 0 Å². The Morgan fingerprint density at radius 2 is 2.27 bits per heavy atom. The largest absolute Gasteiger partial charge is 0.478 e. The Hall–Kier alpha value is -1.68. The molecule has 0 bridgehead atoms. The fourth-order valence-electron chi connectivity index (χ4n) is 1.31. The molecular weight excluding hydrogens is 210 g/mol. The number of carbonyl (C=O) groups is 1. The van der Waals surface area contributed by atoms with Crippen LogP contribution in [0.1, 0.15) is 15.4 Å².